The minimum atomic E-state index is -0.156. The van der Waals surface area contributed by atoms with Gasteiger partial charge in [0.05, 0.1) is 12.2 Å². The summed E-state index contributed by atoms with van der Waals surface area (Å²) < 4.78 is 14.1. The molecule has 30 heavy (non-hydrogen) atoms. The van der Waals surface area contributed by atoms with Crippen LogP contribution in [-0.4, -0.2) is 61.7 Å². The molecule has 0 radical (unpaired) electrons. The summed E-state index contributed by atoms with van der Waals surface area (Å²) in [5.74, 6) is 1.82. The van der Waals surface area contributed by atoms with Gasteiger partial charge >= 0.3 is 0 Å². The Morgan fingerprint density at radius 2 is 1.77 bits per heavy atom. The molecule has 0 amide bonds. The first-order chi connectivity index (χ1) is 14.7. The van der Waals surface area contributed by atoms with Crippen LogP contribution in [0.25, 0.3) is 0 Å². The highest BCUT2D eigenvalue weighted by Crippen LogP contribution is 2.20. The molecule has 160 valence electrons. The van der Waals surface area contributed by atoms with Gasteiger partial charge in [-0.3, -0.25) is 0 Å². The Morgan fingerprint density at radius 3 is 2.43 bits per heavy atom. The van der Waals surface area contributed by atoms with E-state index in [4.69, 9.17) is 4.99 Å². The molecule has 1 aromatic heterocycles. The van der Waals surface area contributed by atoms with Crippen LogP contribution in [0.5, 0.6) is 0 Å². The van der Waals surface area contributed by atoms with Crippen LogP contribution in [-0.2, 0) is 6.54 Å². The number of hydrogen-bond donors (Lipinski definition) is 1. The molecule has 0 bridgehead atoms. The van der Waals surface area contributed by atoms with E-state index in [-0.39, 0.29) is 5.82 Å². The van der Waals surface area contributed by atoms with Crippen molar-refractivity contribution in [3.8, 4) is 0 Å². The van der Waals surface area contributed by atoms with Gasteiger partial charge in [-0.1, -0.05) is 18.2 Å². The average Bonchev–Trinajstić information content (AvgIpc) is 3.33. The molecule has 3 heterocycles. The molecule has 0 atom stereocenters. The van der Waals surface area contributed by atoms with Crippen LogP contribution < -0.4 is 15.1 Å². The van der Waals surface area contributed by atoms with Gasteiger partial charge in [0.2, 0.25) is 0 Å². The number of aliphatic imine (C=N–C) groups is 1. The molecule has 6 nitrogen and oxygen atoms in total. The predicted octanol–water partition coefficient (Wildman–Crippen LogP) is 3.11. The Balaban J connectivity index is 1.36. The zero-order valence-corrected chi connectivity index (χ0v) is 17.7. The van der Waals surface area contributed by atoms with Gasteiger partial charge in [-0.05, 0) is 43.5 Å². The SMILES string of the molecule is CCNC(=NCc1ccc(N2CCCC2)nc1)N1CCN(c2ccccc2F)CC1. The largest absolute Gasteiger partial charge is 0.366 e. The maximum Gasteiger partial charge on any atom is 0.194 e. The van der Waals surface area contributed by atoms with Crippen molar-refractivity contribution >= 4 is 17.5 Å². The molecule has 0 unspecified atom stereocenters. The van der Waals surface area contributed by atoms with Gasteiger partial charge in [-0.15, -0.1) is 0 Å². The van der Waals surface area contributed by atoms with Crippen LogP contribution in [0.15, 0.2) is 47.6 Å². The second-order valence-electron chi connectivity index (χ2n) is 7.81. The molecule has 1 aromatic carbocycles. The molecule has 2 aliphatic heterocycles. The standard InChI is InChI=1S/C23H31FN6/c1-2-25-23(27-18-19-9-10-22(26-17-19)29-11-5-6-12-29)30-15-13-28(14-16-30)21-8-4-3-7-20(21)24/h3-4,7-10,17H,2,5-6,11-16,18H2,1H3,(H,25,27). The third kappa shape index (κ3) is 4.83. The number of aromatic nitrogens is 1. The number of nitrogens with zero attached hydrogens (tertiary/aromatic N) is 5. The monoisotopic (exact) mass is 410 g/mol. The van der Waals surface area contributed by atoms with Crippen molar-refractivity contribution in [2.24, 2.45) is 4.99 Å². The summed E-state index contributed by atoms with van der Waals surface area (Å²) in [6.07, 6.45) is 4.45. The average molecular weight is 411 g/mol. The third-order valence-corrected chi connectivity index (χ3v) is 5.76. The molecule has 0 spiro atoms. The Labute approximate surface area is 178 Å². The van der Waals surface area contributed by atoms with E-state index in [0.29, 0.717) is 12.2 Å². The predicted molar refractivity (Wildman–Crippen MR) is 121 cm³/mol. The van der Waals surface area contributed by atoms with Gasteiger partial charge in [0.25, 0.3) is 0 Å². The zero-order valence-electron chi connectivity index (χ0n) is 17.7. The van der Waals surface area contributed by atoms with Crippen molar-refractivity contribution in [2.75, 3.05) is 55.6 Å². The van der Waals surface area contributed by atoms with Gasteiger partial charge in [0.1, 0.15) is 11.6 Å². The summed E-state index contributed by atoms with van der Waals surface area (Å²) in [5.41, 5.74) is 1.79. The summed E-state index contributed by atoms with van der Waals surface area (Å²) in [5, 5.41) is 3.40. The number of nitrogens with one attached hydrogen (secondary N) is 1. The maximum atomic E-state index is 14.1. The van der Waals surface area contributed by atoms with Crippen molar-refractivity contribution in [2.45, 2.75) is 26.3 Å². The third-order valence-electron chi connectivity index (χ3n) is 5.76. The molecule has 1 N–H and O–H groups in total. The highest BCUT2D eigenvalue weighted by Gasteiger charge is 2.21. The van der Waals surface area contributed by atoms with E-state index >= 15 is 0 Å². The fourth-order valence-corrected chi connectivity index (χ4v) is 4.10. The molecular weight excluding hydrogens is 379 g/mol. The molecule has 2 aliphatic rings. The number of rotatable bonds is 5. The maximum absolute atomic E-state index is 14.1. The van der Waals surface area contributed by atoms with E-state index in [1.165, 1.54) is 18.9 Å². The van der Waals surface area contributed by atoms with Crippen LogP contribution in [0.4, 0.5) is 15.9 Å². The smallest absolute Gasteiger partial charge is 0.194 e. The lowest BCUT2D eigenvalue weighted by molar-refractivity contribution is 0.370. The molecule has 2 aromatic rings. The fourth-order valence-electron chi connectivity index (χ4n) is 4.10. The summed E-state index contributed by atoms with van der Waals surface area (Å²) in [6, 6.07) is 11.2. The topological polar surface area (TPSA) is 47.0 Å². The lowest BCUT2D eigenvalue weighted by atomic mass is 10.2. The summed E-state index contributed by atoms with van der Waals surface area (Å²) >= 11 is 0. The number of halogens is 1. The first-order valence-corrected chi connectivity index (χ1v) is 11.0. The Morgan fingerprint density at radius 1 is 1.00 bits per heavy atom. The molecular formula is C23H31FN6. The number of anilines is 2. The molecule has 4 rings (SSSR count). The number of pyridine rings is 1. The van der Waals surface area contributed by atoms with Crippen LogP contribution in [0.3, 0.4) is 0 Å². The lowest BCUT2D eigenvalue weighted by Gasteiger charge is -2.37. The fraction of sp³-hybridized carbons (Fsp3) is 0.478. The van der Waals surface area contributed by atoms with Gasteiger partial charge in [-0.25, -0.2) is 14.4 Å². The van der Waals surface area contributed by atoms with E-state index in [0.717, 1.165) is 63.2 Å². The molecule has 7 heteroatoms. The number of benzene rings is 1. The Hall–Kier alpha value is -2.83. The quantitative estimate of drug-likeness (QED) is 0.606. The first-order valence-electron chi connectivity index (χ1n) is 11.0. The van der Waals surface area contributed by atoms with E-state index in [9.17, 15) is 4.39 Å². The summed E-state index contributed by atoms with van der Waals surface area (Å²) in [7, 11) is 0. The molecule has 2 saturated heterocycles. The number of guanidine groups is 1. The van der Waals surface area contributed by atoms with Crippen molar-refractivity contribution in [1.82, 2.24) is 15.2 Å². The van der Waals surface area contributed by atoms with E-state index in [1.807, 2.05) is 18.3 Å². The summed E-state index contributed by atoms with van der Waals surface area (Å²) in [6.45, 7) is 8.88. The number of para-hydroxylation sites is 1. The lowest BCUT2D eigenvalue weighted by Crippen LogP contribution is -2.52. The second-order valence-corrected chi connectivity index (χ2v) is 7.81. The number of piperazine rings is 1. The van der Waals surface area contributed by atoms with Crippen molar-refractivity contribution in [3.63, 3.8) is 0 Å². The Bertz CT molecular complexity index is 839. The van der Waals surface area contributed by atoms with Gasteiger partial charge in [0, 0.05) is 52.0 Å². The summed E-state index contributed by atoms with van der Waals surface area (Å²) in [4.78, 5) is 16.2. The normalized spacial score (nSPS) is 17.5. The minimum Gasteiger partial charge on any atom is -0.366 e. The van der Waals surface area contributed by atoms with Gasteiger partial charge < -0.3 is 20.0 Å². The van der Waals surface area contributed by atoms with Crippen LogP contribution in [0, 0.1) is 5.82 Å². The minimum absolute atomic E-state index is 0.156. The van der Waals surface area contributed by atoms with Crippen molar-refractivity contribution < 1.29 is 4.39 Å². The zero-order chi connectivity index (χ0) is 20.8. The highest BCUT2D eigenvalue weighted by atomic mass is 19.1. The van der Waals surface area contributed by atoms with Gasteiger partial charge in [-0.2, -0.15) is 0 Å². The Kier molecular flexibility index (Phi) is 6.67. The van der Waals surface area contributed by atoms with E-state index in [2.05, 4.69) is 44.1 Å². The van der Waals surface area contributed by atoms with Crippen molar-refractivity contribution in [1.29, 1.82) is 0 Å². The van der Waals surface area contributed by atoms with Crippen LogP contribution >= 0.6 is 0 Å². The van der Waals surface area contributed by atoms with Gasteiger partial charge in [0.15, 0.2) is 5.96 Å². The molecule has 0 aliphatic carbocycles. The van der Waals surface area contributed by atoms with Crippen LogP contribution in [0.2, 0.25) is 0 Å². The van der Waals surface area contributed by atoms with E-state index in [1.54, 1.807) is 6.07 Å². The molecule has 2 fully saturated rings. The van der Waals surface area contributed by atoms with Crippen LogP contribution in [0.1, 0.15) is 25.3 Å². The molecule has 0 saturated carbocycles. The first kappa shape index (κ1) is 20.4. The second kappa shape index (κ2) is 9.78. The van der Waals surface area contributed by atoms with Crippen molar-refractivity contribution in [3.05, 3.63) is 54.0 Å². The van der Waals surface area contributed by atoms with E-state index < -0.39 is 0 Å². The number of hydrogen-bond acceptors (Lipinski definition) is 4. The highest BCUT2D eigenvalue weighted by molar-refractivity contribution is 5.80.